The molecule has 1 saturated heterocycles. The number of ether oxygens (including phenoxy) is 1. The van der Waals surface area contributed by atoms with Crippen molar-refractivity contribution in [1.82, 2.24) is 9.37 Å². The number of nitrogens with zero attached hydrogens (tertiary/aromatic N) is 2. The minimum Gasteiger partial charge on any atom is -0.489 e. The highest BCUT2D eigenvalue weighted by Crippen LogP contribution is 2.29. The topological polar surface area (TPSA) is 87.2 Å². The van der Waals surface area contributed by atoms with E-state index in [1.54, 1.807) is 30.3 Å². The Labute approximate surface area is 179 Å². The molecule has 10 heteroatoms. The molecule has 0 aromatic heterocycles. The molecule has 2 aromatic rings. The van der Waals surface area contributed by atoms with Crippen LogP contribution in [0.2, 0.25) is 5.02 Å². The summed E-state index contributed by atoms with van der Waals surface area (Å²) in [4.78, 5) is 11.1. The van der Waals surface area contributed by atoms with Crippen molar-refractivity contribution in [3.8, 4) is 5.75 Å². The quantitative estimate of drug-likeness (QED) is 0.374. The van der Waals surface area contributed by atoms with Gasteiger partial charge in [0.15, 0.2) is 0 Å². The normalized spacial score (nSPS) is 16.8. The van der Waals surface area contributed by atoms with Gasteiger partial charge in [0.25, 0.3) is 0 Å². The summed E-state index contributed by atoms with van der Waals surface area (Å²) in [6.07, 6.45) is 0.798. The Bertz CT molecular complexity index is 968. The van der Waals surface area contributed by atoms with Crippen molar-refractivity contribution in [2.24, 2.45) is 0 Å². The minimum atomic E-state index is -3.75. The molecule has 0 saturated carbocycles. The maximum atomic E-state index is 13.2. The highest BCUT2D eigenvalue weighted by Gasteiger charge is 2.33. The number of piperidine rings is 1. The van der Waals surface area contributed by atoms with Crippen molar-refractivity contribution in [3.63, 3.8) is 0 Å². The van der Waals surface area contributed by atoms with E-state index in [2.05, 4.69) is 0 Å². The van der Waals surface area contributed by atoms with E-state index in [0.717, 1.165) is 6.07 Å². The number of benzene rings is 2. The molecule has 1 N–H and O–H groups in total. The van der Waals surface area contributed by atoms with Crippen molar-refractivity contribution in [3.05, 3.63) is 64.9 Å². The lowest BCUT2D eigenvalue weighted by molar-refractivity contribution is -0.159. The number of halogens is 2. The number of rotatable bonds is 8. The highest BCUT2D eigenvalue weighted by molar-refractivity contribution is 7.89. The number of carbonyl (C=O) groups excluding carboxylic acids is 1. The Hall–Kier alpha value is -2.20. The fourth-order valence-corrected chi connectivity index (χ4v) is 5.29. The van der Waals surface area contributed by atoms with Gasteiger partial charge in [-0.05, 0) is 36.6 Å². The van der Waals surface area contributed by atoms with E-state index < -0.39 is 27.6 Å². The summed E-state index contributed by atoms with van der Waals surface area (Å²) >= 11 is 5.98. The number of hydrogen-bond donors (Lipinski definition) is 1. The molecule has 1 unspecified atom stereocenters. The molecule has 3 rings (SSSR count). The molecule has 1 aliphatic rings. The van der Waals surface area contributed by atoms with Gasteiger partial charge in [0.2, 0.25) is 16.4 Å². The fourth-order valence-electron chi connectivity index (χ4n) is 3.36. The Morgan fingerprint density at radius 3 is 2.50 bits per heavy atom. The van der Waals surface area contributed by atoms with Gasteiger partial charge in [-0.3, -0.25) is 10.0 Å². The number of hydroxylamine groups is 2. The SMILES string of the molecule is O=CN(O)C(CS(=O)(=O)N1CCC(Oc2ccc(F)cc2Cl)CC1)c1ccccc1. The Morgan fingerprint density at radius 1 is 1.23 bits per heavy atom. The minimum absolute atomic E-state index is 0.160. The second-order valence-electron chi connectivity index (χ2n) is 6.98. The molecular formula is C20H22ClFN2O5S. The van der Waals surface area contributed by atoms with Crippen LogP contribution in [-0.4, -0.2) is 54.3 Å². The summed E-state index contributed by atoms with van der Waals surface area (Å²) in [7, 11) is -3.75. The van der Waals surface area contributed by atoms with Crippen molar-refractivity contribution in [2.75, 3.05) is 18.8 Å². The largest absolute Gasteiger partial charge is 0.489 e. The molecule has 0 radical (unpaired) electrons. The third kappa shape index (κ3) is 5.48. The first kappa shape index (κ1) is 22.5. The first-order chi connectivity index (χ1) is 14.3. The van der Waals surface area contributed by atoms with Crippen molar-refractivity contribution in [2.45, 2.75) is 25.0 Å². The van der Waals surface area contributed by atoms with Crippen LogP contribution in [0.5, 0.6) is 5.75 Å². The van der Waals surface area contributed by atoms with E-state index in [0.29, 0.717) is 29.2 Å². The summed E-state index contributed by atoms with van der Waals surface area (Å²) < 4.78 is 46.1. The van der Waals surface area contributed by atoms with E-state index in [1.807, 2.05) is 0 Å². The predicted octanol–water partition coefficient (Wildman–Crippen LogP) is 3.24. The summed E-state index contributed by atoms with van der Waals surface area (Å²) in [5.41, 5.74) is 0.514. The molecule has 0 bridgehead atoms. The third-order valence-electron chi connectivity index (χ3n) is 4.96. The van der Waals surface area contributed by atoms with Crippen LogP contribution in [0.1, 0.15) is 24.4 Å². The molecule has 1 fully saturated rings. The lowest BCUT2D eigenvalue weighted by Crippen LogP contribution is -2.44. The standard InChI is InChI=1S/C20H22ClFN2O5S/c21-18-12-16(22)6-7-20(18)29-17-8-10-23(11-9-17)30(27,28)13-19(24(26)14-25)15-4-2-1-3-5-15/h1-7,12,14,17,19,26H,8-11,13H2. The summed E-state index contributed by atoms with van der Waals surface area (Å²) in [5.74, 6) is -0.554. The Morgan fingerprint density at radius 2 is 1.90 bits per heavy atom. The molecular weight excluding hydrogens is 435 g/mol. The predicted molar refractivity (Wildman–Crippen MR) is 109 cm³/mol. The van der Waals surface area contributed by atoms with Crippen molar-refractivity contribution in [1.29, 1.82) is 0 Å². The number of amides is 1. The van der Waals surface area contributed by atoms with Crippen LogP contribution in [0.15, 0.2) is 48.5 Å². The molecule has 1 amide bonds. The number of sulfonamides is 1. The zero-order valence-electron chi connectivity index (χ0n) is 16.0. The van der Waals surface area contributed by atoms with E-state index in [-0.39, 0.29) is 30.6 Å². The van der Waals surface area contributed by atoms with Gasteiger partial charge in [0.05, 0.1) is 16.8 Å². The van der Waals surface area contributed by atoms with Gasteiger partial charge in [-0.15, -0.1) is 0 Å². The summed E-state index contributed by atoms with van der Waals surface area (Å²) in [5, 5.41) is 10.4. The van der Waals surface area contributed by atoms with E-state index in [9.17, 15) is 22.8 Å². The smallest absolute Gasteiger partial charge is 0.233 e. The first-order valence-corrected chi connectivity index (χ1v) is 11.4. The van der Waals surface area contributed by atoms with Gasteiger partial charge in [-0.1, -0.05) is 41.9 Å². The van der Waals surface area contributed by atoms with Crippen LogP contribution < -0.4 is 4.74 Å². The molecule has 7 nitrogen and oxygen atoms in total. The molecule has 1 atom stereocenters. The Balaban J connectivity index is 1.64. The fraction of sp³-hybridized carbons (Fsp3) is 0.350. The lowest BCUT2D eigenvalue weighted by Gasteiger charge is -2.33. The number of hydrogen-bond acceptors (Lipinski definition) is 5. The molecule has 30 heavy (non-hydrogen) atoms. The van der Waals surface area contributed by atoms with Crippen molar-refractivity contribution >= 4 is 28.0 Å². The molecule has 0 aliphatic carbocycles. The van der Waals surface area contributed by atoms with Crippen LogP contribution >= 0.6 is 11.6 Å². The third-order valence-corrected chi connectivity index (χ3v) is 7.15. The van der Waals surface area contributed by atoms with Crippen LogP contribution in [0.3, 0.4) is 0 Å². The average Bonchev–Trinajstić information content (AvgIpc) is 2.74. The van der Waals surface area contributed by atoms with Crippen LogP contribution in [-0.2, 0) is 14.8 Å². The first-order valence-electron chi connectivity index (χ1n) is 9.37. The average molecular weight is 457 g/mol. The molecule has 162 valence electrons. The second-order valence-corrected chi connectivity index (χ2v) is 9.40. The zero-order chi connectivity index (χ0) is 21.7. The van der Waals surface area contributed by atoms with Crippen LogP contribution in [0.25, 0.3) is 0 Å². The van der Waals surface area contributed by atoms with Gasteiger partial charge >= 0.3 is 0 Å². The molecule has 0 spiro atoms. The molecule has 1 heterocycles. The van der Waals surface area contributed by atoms with E-state index >= 15 is 0 Å². The van der Waals surface area contributed by atoms with E-state index in [4.69, 9.17) is 16.3 Å². The van der Waals surface area contributed by atoms with Gasteiger partial charge < -0.3 is 4.74 Å². The highest BCUT2D eigenvalue weighted by atomic mass is 35.5. The lowest BCUT2D eigenvalue weighted by atomic mass is 10.1. The van der Waals surface area contributed by atoms with Crippen molar-refractivity contribution < 1.29 is 27.5 Å². The number of carbonyl (C=O) groups is 1. The van der Waals surface area contributed by atoms with Gasteiger partial charge in [-0.25, -0.2) is 22.2 Å². The molecule has 1 aliphatic heterocycles. The monoisotopic (exact) mass is 456 g/mol. The maximum Gasteiger partial charge on any atom is 0.233 e. The van der Waals surface area contributed by atoms with Gasteiger partial charge in [0.1, 0.15) is 17.7 Å². The second kappa shape index (κ2) is 9.74. The maximum absolute atomic E-state index is 13.2. The van der Waals surface area contributed by atoms with E-state index in [1.165, 1.54) is 16.4 Å². The van der Waals surface area contributed by atoms with Crippen LogP contribution in [0.4, 0.5) is 4.39 Å². The van der Waals surface area contributed by atoms with Gasteiger partial charge in [0, 0.05) is 13.1 Å². The zero-order valence-corrected chi connectivity index (χ0v) is 17.6. The van der Waals surface area contributed by atoms with Crippen LogP contribution in [0, 0.1) is 5.82 Å². The summed E-state index contributed by atoms with van der Waals surface area (Å²) in [6.45, 7) is 0.444. The summed E-state index contributed by atoms with van der Waals surface area (Å²) in [6, 6.07) is 11.3. The Kier molecular flexibility index (Phi) is 7.30. The van der Waals surface area contributed by atoms with Gasteiger partial charge in [-0.2, -0.15) is 0 Å². The molecule has 2 aromatic carbocycles.